The van der Waals surface area contributed by atoms with Crippen molar-refractivity contribution in [2.24, 2.45) is 0 Å². The number of hydrogen-bond acceptors (Lipinski definition) is 3. The summed E-state index contributed by atoms with van der Waals surface area (Å²) in [6.07, 6.45) is 0.557. The molecule has 0 saturated carbocycles. The molecule has 1 unspecified atom stereocenters. The molecule has 0 saturated heterocycles. The first-order chi connectivity index (χ1) is 11.1. The lowest BCUT2D eigenvalue weighted by Gasteiger charge is -2.23. The van der Waals surface area contributed by atoms with Gasteiger partial charge in [0.1, 0.15) is 18.5 Å². The second kappa shape index (κ2) is 7.05. The van der Waals surface area contributed by atoms with E-state index in [2.05, 4.69) is 49.1 Å². The third-order valence-corrected chi connectivity index (χ3v) is 4.39. The first-order valence-corrected chi connectivity index (χ1v) is 8.38. The molecule has 2 aromatic carbocycles. The van der Waals surface area contributed by atoms with Gasteiger partial charge in [-0.3, -0.25) is 0 Å². The lowest BCUT2D eigenvalue weighted by atomic mass is 10.0. The molecule has 23 heavy (non-hydrogen) atoms. The van der Waals surface area contributed by atoms with Crippen molar-refractivity contribution in [3.05, 3.63) is 59.7 Å². The predicted molar refractivity (Wildman–Crippen MR) is 94.4 cm³/mol. The van der Waals surface area contributed by atoms with E-state index >= 15 is 0 Å². The minimum Gasteiger partial charge on any atom is -0.491 e. The fourth-order valence-electron chi connectivity index (χ4n) is 3.18. The smallest absolute Gasteiger partial charge is 0.122 e. The third kappa shape index (κ3) is 3.67. The van der Waals surface area contributed by atoms with Crippen LogP contribution in [0.4, 0.5) is 5.69 Å². The predicted octanol–water partition coefficient (Wildman–Crippen LogP) is 3.61. The number of hydrogen-bond donors (Lipinski definition) is 1. The summed E-state index contributed by atoms with van der Waals surface area (Å²) in [5, 5.41) is 10.4. The van der Waals surface area contributed by atoms with E-state index in [-0.39, 0.29) is 0 Å². The van der Waals surface area contributed by atoms with E-state index in [1.54, 1.807) is 0 Å². The number of ether oxygens (including phenoxy) is 1. The van der Waals surface area contributed by atoms with Gasteiger partial charge in [0.2, 0.25) is 0 Å². The minimum atomic E-state index is -0.499. The number of nitrogens with zero attached hydrogens (tertiary/aromatic N) is 1. The Balaban J connectivity index is 1.58. The van der Waals surface area contributed by atoms with Crippen molar-refractivity contribution in [1.82, 2.24) is 0 Å². The standard InChI is InChI=1S/C20H25NO2/c1-15(2)18-8-4-6-10-20(18)23-14-17(22)13-21-12-11-16-7-3-5-9-19(16)21/h3-10,15,17,22H,11-14H2,1-2H3. The number of benzene rings is 2. The minimum absolute atomic E-state index is 0.322. The zero-order valence-electron chi connectivity index (χ0n) is 13.9. The number of aliphatic hydroxyl groups is 1. The Morgan fingerprint density at radius 2 is 1.83 bits per heavy atom. The average molecular weight is 311 g/mol. The number of aliphatic hydroxyl groups excluding tert-OH is 1. The summed E-state index contributed by atoms with van der Waals surface area (Å²) in [6, 6.07) is 16.5. The van der Waals surface area contributed by atoms with Gasteiger partial charge in [0.05, 0.1) is 0 Å². The molecule has 0 aliphatic carbocycles. The molecule has 0 aromatic heterocycles. The molecule has 3 nitrogen and oxygen atoms in total. The van der Waals surface area contributed by atoms with Gasteiger partial charge in [-0.1, -0.05) is 50.2 Å². The molecule has 0 amide bonds. The molecule has 0 fully saturated rings. The van der Waals surface area contributed by atoms with E-state index in [0.29, 0.717) is 19.1 Å². The number of para-hydroxylation sites is 2. The SMILES string of the molecule is CC(C)c1ccccc1OCC(O)CN1CCc2ccccc21. The second-order valence-corrected chi connectivity index (χ2v) is 6.48. The number of anilines is 1. The molecule has 1 heterocycles. The zero-order chi connectivity index (χ0) is 16.2. The maximum absolute atomic E-state index is 10.4. The highest BCUT2D eigenvalue weighted by atomic mass is 16.5. The first kappa shape index (κ1) is 15.9. The van der Waals surface area contributed by atoms with Crippen molar-refractivity contribution in [2.75, 3.05) is 24.6 Å². The largest absolute Gasteiger partial charge is 0.491 e. The molecule has 1 aliphatic heterocycles. The molecular weight excluding hydrogens is 286 g/mol. The van der Waals surface area contributed by atoms with E-state index in [9.17, 15) is 5.11 Å². The molecule has 1 N–H and O–H groups in total. The molecule has 3 rings (SSSR count). The Hall–Kier alpha value is -2.00. The molecule has 2 aromatic rings. The number of fused-ring (bicyclic) bond motifs is 1. The van der Waals surface area contributed by atoms with Crippen molar-refractivity contribution in [3.63, 3.8) is 0 Å². The summed E-state index contributed by atoms with van der Waals surface area (Å²) < 4.78 is 5.88. The van der Waals surface area contributed by atoms with Crippen molar-refractivity contribution < 1.29 is 9.84 Å². The molecule has 3 heteroatoms. The van der Waals surface area contributed by atoms with E-state index in [1.165, 1.54) is 16.8 Å². The summed E-state index contributed by atoms with van der Waals surface area (Å²) >= 11 is 0. The fourth-order valence-corrected chi connectivity index (χ4v) is 3.18. The third-order valence-electron chi connectivity index (χ3n) is 4.39. The van der Waals surface area contributed by atoms with E-state index in [1.807, 2.05) is 18.2 Å². The molecule has 0 bridgehead atoms. The second-order valence-electron chi connectivity index (χ2n) is 6.48. The monoisotopic (exact) mass is 311 g/mol. The Kier molecular flexibility index (Phi) is 4.87. The van der Waals surface area contributed by atoms with Gasteiger partial charge < -0.3 is 14.7 Å². The van der Waals surface area contributed by atoms with E-state index in [0.717, 1.165) is 18.7 Å². The maximum atomic E-state index is 10.4. The van der Waals surface area contributed by atoms with Gasteiger partial charge in [-0.15, -0.1) is 0 Å². The van der Waals surface area contributed by atoms with Crippen LogP contribution in [0, 0.1) is 0 Å². The molecular formula is C20H25NO2. The van der Waals surface area contributed by atoms with Gasteiger partial charge in [0.15, 0.2) is 0 Å². The zero-order valence-corrected chi connectivity index (χ0v) is 13.9. The Bertz CT molecular complexity index is 654. The Labute approximate surface area is 138 Å². The summed E-state index contributed by atoms with van der Waals surface area (Å²) in [7, 11) is 0. The van der Waals surface area contributed by atoms with Crippen LogP contribution in [0.3, 0.4) is 0 Å². The fraction of sp³-hybridized carbons (Fsp3) is 0.400. The normalized spacial score (nSPS) is 14.9. The topological polar surface area (TPSA) is 32.7 Å². The van der Waals surface area contributed by atoms with Crippen molar-refractivity contribution >= 4 is 5.69 Å². The summed E-state index contributed by atoms with van der Waals surface area (Å²) in [6.45, 7) is 6.21. The molecule has 0 radical (unpaired) electrons. The maximum Gasteiger partial charge on any atom is 0.122 e. The van der Waals surface area contributed by atoms with Crippen LogP contribution in [0.15, 0.2) is 48.5 Å². The summed E-state index contributed by atoms with van der Waals surface area (Å²) in [5.74, 6) is 1.29. The van der Waals surface area contributed by atoms with Crippen LogP contribution < -0.4 is 9.64 Å². The van der Waals surface area contributed by atoms with Gasteiger partial charge in [0.25, 0.3) is 0 Å². The van der Waals surface area contributed by atoms with Crippen LogP contribution in [0.1, 0.15) is 30.9 Å². The molecule has 1 aliphatic rings. The van der Waals surface area contributed by atoms with Crippen LogP contribution in [0.25, 0.3) is 0 Å². The number of rotatable bonds is 6. The first-order valence-electron chi connectivity index (χ1n) is 8.38. The van der Waals surface area contributed by atoms with Gasteiger partial charge >= 0.3 is 0 Å². The van der Waals surface area contributed by atoms with Crippen LogP contribution in [0.2, 0.25) is 0 Å². The molecule has 0 spiro atoms. The van der Waals surface area contributed by atoms with Crippen LogP contribution >= 0.6 is 0 Å². The summed E-state index contributed by atoms with van der Waals surface area (Å²) in [4.78, 5) is 2.25. The summed E-state index contributed by atoms with van der Waals surface area (Å²) in [5.41, 5.74) is 3.80. The lowest BCUT2D eigenvalue weighted by molar-refractivity contribution is 0.112. The van der Waals surface area contributed by atoms with E-state index < -0.39 is 6.10 Å². The number of β-amino-alcohol motifs (C(OH)–C–C–N with tert-alkyl or cyclic N) is 1. The van der Waals surface area contributed by atoms with Crippen LogP contribution in [-0.2, 0) is 6.42 Å². The molecule has 122 valence electrons. The molecule has 1 atom stereocenters. The Morgan fingerprint density at radius 3 is 2.65 bits per heavy atom. The van der Waals surface area contributed by atoms with Crippen molar-refractivity contribution in [2.45, 2.75) is 32.3 Å². The van der Waals surface area contributed by atoms with E-state index in [4.69, 9.17) is 4.74 Å². The van der Waals surface area contributed by atoms with Crippen molar-refractivity contribution in [3.8, 4) is 5.75 Å². The van der Waals surface area contributed by atoms with Crippen LogP contribution in [-0.4, -0.2) is 30.9 Å². The highest BCUT2D eigenvalue weighted by molar-refractivity contribution is 5.57. The quantitative estimate of drug-likeness (QED) is 0.884. The average Bonchev–Trinajstić information content (AvgIpc) is 2.96. The van der Waals surface area contributed by atoms with Crippen molar-refractivity contribution in [1.29, 1.82) is 0 Å². The van der Waals surface area contributed by atoms with Gasteiger partial charge in [0, 0.05) is 18.8 Å². The van der Waals surface area contributed by atoms with Gasteiger partial charge in [-0.05, 0) is 35.6 Å². The Morgan fingerprint density at radius 1 is 1.09 bits per heavy atom. The van der Waals surface area contributed by atoms with Gasteiger partial charge in [-0.25, -0.2) is 0 Å². The lowest BCUT2D eigenvalue weighted by Crippen LogP contribution is -2.34. The highest BCUT2D eigenvalue weighted by Crippen LogP contribution is 2.28. The van der Waals surface area contributed by atoms with Gasteiger partial charge in [-0.2, -0.15) is 0 Å². The van der Waals surface area contributed by atoms with Crippen LogP contribution in [0.5, 0.6) is 5.75 Å². The highest BCUT2D eigenvalue weighted by Gasteiger charge is 2.21.